The van der Waals surface area contributed by atoms with Crippen molar-refractivity contribution in [1.82, 2.24) is 20.2 Å². The van der Waals surface area contributed by atoms with Crippen molar-refractivity contribution in [1.29, 1.82) is 0 Å². The summed E-state index contributed by atoms with van der Waals surface area (Å²) in [5.41, 5.74) is 1.54. The number of halogens is 2. The van der Waals surface area contributed by atoms with Crippen molar-refractivity contribution in [3.8, 4) is 5.69 Å². The molecule has 1 N–H and O–H groups in total. The fourth-order valence-corrected chi connectivity index (χ4v) is 3.23. The van der Waals surface area contributed by atoms with Crippen LogP contribution in [-0.2, 0) is 11.2 Å². The Morgan fingerprint density at radius 3 is 2.54 bits per heavy atom. The number of hydrogen-bond acceptors (Lipinski definition) is 5. The van der Waals surface area contributed by atoms with Crippen LogP contribution in [0.5, 0.6) is 0 Å². The number of aryl methyl sites for hydroxylation is 1. The molecule has 0 saturated heterocycles. The van der Waals surface area contributed by atoms with Crippen LogP contribution in [0.1, 0.15) is 25.3 Å². The molecule has 6 nitrogen and oxygen atoms in total. The lowest BCUT2D eigenvalue weighted by atomic mass is 10.1. The summed E-state index contributed by atoms with van der Waals surface area (Å²) in [4.78, 5) is 12.1. The number of hydrogen-bond donors (Lipinski definition) is 1. The van der Waals surface area contributed by atoms with Gasteiger partial charge in [-0.15, -0.1) is 5.10 Å². The number of rotatable bonds is 8. The zero-order chi connectivity index (χ0) is 19.9. The fraction of sp³-hybridized carbons (Fsp3) is 0.263. The summed E-state index contributed by atoms with van der Waals surface area (Å²) in [6.45, 7) is 2.15. The van der Waals surface area contributed by atoms with Gasteiger partial charge in [-0.25, -0.2) is 8.78 Å². The smallest absolute Gasteiger partial charge is 0.235 e. The first-order valence-electron chi connectivity index (χ1n) is 8.83. The van der Waals surface area contributed by atoms with Crippen molar-refractivity contribution in [2.24, 2.45) is 0 Å². The molecule has 0 unspecified atom stereocenters. The first-order chi connectivity index (χ1) is 13.6. The number of anilines is 1. The molecule has 0 fully saturated rings. The summed E-state index contributed by atoms with van der Waals surface area (Å²) in [6, 6.07) is 11.3. The van der Waals surface area contributed by atoms with E-state index < -0.39 is 23.2 Å². The molecule has 9 heteroatoms. The van der Waals surface area contributed by atoms with E-state index in [4.69, 9.17) is 0 Å². The zero-order valence-electron chi connectivity index (χ0n) is 15.2. The number of nitrogens with zero attached hydrogens (tertiary/aromatic N) is 4. The predicted octanol–water partition coefficient (Wildman–Crippen LogP) is 4.01. The third-order valence-corrected chi connectivity index (χ3v) is 4.92. The summed E-state index contributed by atoms with van der Waals surface area (Å²) >= 11 is 1.08. The second-order valence-corrected chi connectivity index (χ2v) is 7.02. The van der Waals surface area contributed by atoms with Crippen LogP contribution in [0.15, 0.2) is 47.6 Å². The first kappa shape index (κ1) is 19.9. The number of thioether (sulfide) groups is 1. The van der Waals surface area contributed by atoms with Crippen LogP contribution in [0, 0.1) is 11.6 Å². The van der Waals surface area contributed by atoms with E-state index in [1.165, 1.54) is 16.3 Å². The highest BCUT2D eigenvalue weighted by atomic mass is 32.2. The van der Waals surface area contributed by atoms with Crippen LogP contribution >= 0.6 is 11.8 Å². The molecule has 0 aliphatic carbocycles. The van der Waals surface area contributed by atoms with Gasteiger partial charge in [-0.2, -0.15) is 4.68 Å². The maximum Gasteiger partial charge on any atom is 0.235 e. The van der Waals surface area contributed by atoms with Gasteiger partial charge in [0.05, 0.1) is 11.4 Å². The van der Waals surface area contributed by atoms with Crippen molar-refractivity contribution in [3.05, 3.63) is 59.7 Å². The van der Waals surface area contributed by atoms with E-state index >= 15 is 0 Å². The van der Waals surface area contributed by atoms with Crippen molar-refractivity contribution in [3.63, 3.8) is 0 Å². The van der Waals surface area contributed by atoms with Crippen LogP contribution in [0.25, 0.3) is 5.69 Å². The van der Waals surface area contributed by atoms with Gasteiger partial charge in [0.25, 0.3) is 0 Å². The minimum atomic E-state index is -0.827. The number of benzene rings is 2. The second kappa shape index (κ2) is 9.41. The highest BCUT2D eigenvalue weighted by molar-refractivity contribution is 7.99. The quantitative estimate of drug-likeness (QED) is 0.575. The van der Waals surface area contributed by atoms with Crippen LogP contribution in [0.4, 0.5) is 14.5 Å². The number of carbonyl (C=O) groups excluding carboxylic acids is 1. The van der Waals surface area contributed by atoms with Gasteiger partial charge in [0.1, 0.15) is 17.3 Å². The number of aromatic nitrogens is 4. The maximum atomic E-state index is 13.6. The van der Waals surface area contributed by atoms with Crippen LogP contribution in [0.3, 0.4) is 0 Å². The summed E-state index contributed by atoms with van der Waals surface area (Å²) in [6.07, 6.45) is 3.28. The van der Waals surface area contributed by atoms with Crippen LogP contribution in [0.2, 0.25) is 0 Å². The van der Waals surface area contributed by atoms with Gasteiger partial charge in [0, 0.05) is 0 Å². The number of carbonyl (C=O) groups is 1. The predicted molar refractivity (Wildman–Crippen MR) is 103 cm³/mol. The molecule has 0 spiro atoms. The Hall–Kier alpha value is -2.81. The van der Waals surface area contributed by atoms with Crippen LogP contribution in [-0.4, -0.2) is 31.9 Å². The number of tetrazole rings is 1. The molecule has 0 atom stereocenters. The van der Waals surface area contributed by atoms with Crippen molar-refractivity contribution in [2.45, 2.75) is 31.3 Å². The third-order valence-electron chi connectivity index (χ3n) is 4.00. The van der Waals surface area contributed by atoms with E-state index in [2.05, 4.69) is 27.8 Å². The molecular weight excluding hydrogens is 384 g/mol. The lowest BCUT2D eigenvalue weighted by Gasteiger charge is -2.08. The number of nitrogens with one attached hydrogen (secondary N) is 1. The number of para-hydroxylation sites is 1. The van der Waals surface area contributed by atoms with Crippen molar-refractivity contribution in [2.75, 3.05) is 11.1 Å². The molecule has 1 heterocycles. The number of unbranched alkanes of at least 4 members (excludes halogenated alkanes) is 1. The summed E-state index contributed by atoms with van der Waals surface area (Å²) in [7, 11) is 0. The number of amides is 1. The van der Waals surface area contributed by atoms with Gasteiger partial charge in [0.15, 0.2) is 0 Å². The monoisotopic (exact) mass is 403 g/mol. The topological polar surface area (TPSA) is 72.7 Å². The highest BCUT2D eigenvalue weighted by Crippen LogP contribution is 2.21. The fourth-order valence-electron chi connectivity index (χ4n) is 2.54. The van der Waals surface area contributed by atoms with Gasteiger partial charge < -0.3 is 5.32 Å². The molecule has 1 amide bonds. The van der Waals surface area contributed by atoms with Gasteiger partial charge in [-0.3, -0.25) is 4.79 Å². The molecule has 0 aliphatic heterocycles. The Kier molecular flexibility index (Phi) is 6.70. The zero-order valence-corrected chi connectivity index (χ0v) is 16.0. The van der Waals surface area contributed by atoms with E-state index in [1.54, 1.807) is 0 Å². The average molecular weight is 403 g/mol. The van der Waals surface area contributed by atoms with E-state index in [9.17, 15) is 13.6 Å². The van der Waals surface area contributed by atoms with E-state index in [-0.39, 0.29) is 5.75 Å². The SMILES string of the molecule is CCCCc1ccc(-n2nnnc2SCC(=O)Nc2c(F)cccc2F)cc1. The second-order valence-electron chi connectivity index (χ2n) is 6.08. The van der Waals surface area contributed by atoms with E-state index in [0.717, 1.165) is 48.8 Å². The molecule has 0 bridgehead atoms. The first-order valence-corrected chi connectivity index (χ1v) is 9.81. The molecule has 146 valence electrons. The minimum absolute atomic E-state index is 0.0945. The molecule has 3 rings (SSSR count). The van der Waals surface area contributed by atoms with Crippen LogP contribution < -0.4 is 5.32 Å². The average Bonchev–Trinajstić information content (AvgIpc) is 3.17. The van der Waals surface area contributed by atoms with Crippen molar-refractivity contribution >= 4 is 23.4 Å². The van der Waals surface area contributed by atoms with Gasteiger partial charge in [-0.1, -0.05) is 43.3 Å². The van der Waals surface area contributed by atoms with Gasteiger partial charge in [0.2, 0.25) is 11.1 Å². The largest absolute Gasteiger partial charge is 0.320 e. The lowest BCUT2D eigenvalue weighted by molar-refractivity contribution is -0.113. The molecule has 0 saturated carbocycles. The molecule has 1 aromatic heterocycles. The van der Waals surface area contributed by atoms with Gasteiger partial charge in [-0.05, 0) is 53.1 Å². The molecule has 0 radical (unpaired) electrons. The van der Waals surface area contributed by atoms with Gasteiger partial charge >= 0.3 is 0 Å². The highest BCUT2D eigenvalue weighted by Gasteiger charge is 2.15. The Labute approximate surface area is 165 Å². The lowest BCUT2D eigenvalue weighted by Crippen LogP contribution is -2.16. The standard InChI is InChI=1S/C19H19F2N5OS/c1-2-3-5-13-8-10-14(11-9-13)26-19(23-24-25-26)28-12-17(27)22-18-15(20)6-4-7-16(18)21/h4,6-11H,2-3,5,12H2,1H3,(H,22,27). The summed E-state index contributed by atoms with van der Waals surface area (Å²) in [5.74, 6) is -2.31. The van der Waals surface area contributed by atoms with E-state index in [0.29, 0.717) is 5.16 Å². The maximum absolute atomic E-state index is 13.6. The van der Waals surface area contributed by atoms with E-state index in [1.807, 2.05) is 24.3 Å². The summed E-state index contributed by atoms with van der Waals surface area (Å²) < 4.78 is 28.8. The minimum Gasteiger partial charge on any atom is -0.320 e. The molecule has 0 aliphatic rings. The molecule has 2 aromatic carbocycles. The Morgan fingerprint density at radius 1 is 1.14 bits per heavy atom. The molecular formula is C19H19F2N5OS. The molecule has 3 aromatic rings. The van der Waals surface area contributed by atoms with Crippen molar-refractivity contribution < 1.29 is 13.6 Å². The Bertz CT molecular complexity index is 926. The molecule has 28 heavy (non-hydrogen) atoms. The summed E-state index contributed by atoms with van der Waals surface area (Å²) in [5, 5.41) is 14.2. The Morgan fingerprint density at radius 2 is 1.86 bits per heavy atom. The normalized spacial score (nSPS) is 10.8. The third kappa shape index (κ3) is 4.92. The Balaban J connectivity index is 1.63.